The van der Waals surface area contributed by atoms with Crippen LogP contribution in [0.1, 0.15) is 22.8 Å². The summed E-state index contributed by atoms with van der Waals surface area (Å²) in [6.07, 6.45) is 0. The molecule has 0 aliphatic rings. The lowest BCUT2D eigenvalue weighted by molar-refractivity contribution is 0.0996. The van der Waals surface area contributed by atoms with Crippen LogP contribution >= 0.6 is 50.1 Å². The van der Waals surface area contributed by atoms with Crippen LogP contribution in [-0.4, -0.2) is 10.6 Å². The number of Topliss-reactive ketones (excluding diaryl/α,β-unsaturated/α-hetero) is 1. The second-order valence-corrected chi connectivity index (χ2v) is 5.72. The van der Waals surface area contributed by atoms with Gasteiger partial charge in [0.25, 0.3) is 0 Å². The van der Waals surface area contributed by atoms with Crippen molar-refractivity contribution in [3.05, 3.63) is 32.9 Å². The summed E-state index contributed by atoms with van der Waals surface area (Å²) in [5.41, 5.74) is 1.79. The smallest absolute Gasteiger partial charge is 0.176 e. The molecular formula is C10H9BrClIO. The maximum Gasteiger partial charge on any atom is 0.176 e. The lowest BCUT2D eigenvalue weighted by Gasteiger charge is -2.05. The molecule has 0 bridgehead atoms. The highest BCUT2D eigenvalue weighted by Crippen LogP contribution is 2.18. The average Bonchev–Trinajstić information content (AvgIpc) is 2.16. The van der Waals surface area contributed by atoms with Gasteiger partial charge < -0.3 is 0 Å². The third-order valence-corrected chi connectivity index (χ3v) is 3.55. The number of ketones is 1. The van der Waals surface area contributed by atoms with Crippen LogP contribution in [0.5, 0.6) is 0 Å². The van der Waals surface area contributed by atoms with Gasteiger partial charge in [-0.25, -0.2) is 0 Å². The highest BCUT2D eigenvalue weighted by Gasteiger charge is 2.12. The van der Waals surface area contributed by atoms with Crippen LogP contribution in [-0.2, 0) is 5.88 Å². The Balaban J connectivity index is 3.03. The zero-order chi connectivity index (χ0) is 10.7. The monoisotopic (exact) mass is 386 g/mol. The minimum atomic E-state index is -0.139. The molecule has 0 aromatic heterocycles. The molecule has 0 radical (unpaired) electrons. The zero-order valence-electron chi connectivity index (χ0n) is 7.56. The second-order valence-electron chi connectivity index (χ2n) is 2.92. The van der Waals surface area contributed by atoms with E-state index in [9.17, 15) is 4.79 Å². The molecule has 1 atom stereocenters. The minimum Gasteiger partial charge on any atom is -0.293 e. The molecule has 4 heteroatoms. The molecule has 0 aliphatic carbocycles. The van der Waals surface area contributed by atoms with E-state index < -0.39 is 0 Å². The molecule has 14 heavy (non-hydrogen) atoms. The van der Waals surface area contributed by atoms with Crippen molar-refractivity contribution in [1.29, 1.82) is 0 Å². The SMILES string of the molecule is CC(Br)C(=O)c1ccc(CCl)c(I)c1. The van der Waals surface area contributed by atoms with Crippen molar-refractivity contribution in [2.45, 2.75) is 17.6 Å². The Labute approximate surface area is 110 Å². The summed E-state index contributed by atoms with van der Waals surface area (Å²) in [6, 6.07) is 5.59. The van der Waals surface area contributed by atoms with E-state index in [0.717, 1.165) is 14.7 Å². The highest BCUT2D eigenvalue weighted by molar-refractivity contribution is 14.1. The molecule has 0 saturated heterocycles. The van der Waals surface area contributed by atoms with Crippen LogP contribution in [0, 0.1) is 3.57 Å². The van der Waals surface area contributed by atoms with E-state index in [1.54, 1.807) is 0 Å². The Morgan fingerprint density at radius 2 is 2.29 bits per heavy atom. The van der Waals surface area contributed by atoms with E-state index in [0.29, 0.717) is 5.88 Å². The first-order chi connectivity index (χ1) is 6.56. The van der Waals surface area contributed by atoms with Gasteiger partial charge in [0, 0.05) is 15.0 Å². The van der Waals surface area contributed by atoms with Crippen LogP contribution < -0.4 is 0 Å². The molecule has 0 aliphatic heterocycles. The summed E-state index contributed by atoms with van der Waals surface area (Å²) in [5, 5.41) is 0. The zero-order valence-corrected chi connectivity index (χ0v) is 12.1. The first-order valence-electron chi connectivity index (χ1n) is 4.09. The van der Waals surface area contributed by atoms with Crippen molar-refractivity contribution < 1.29 is 4.79 Å². The normalized spacial score (nSPS) is 12.6. The summed E-state index contributed by atoms with van der Waals surface area (Å²) in [5.74, 6) is 0.584. The Morgan fingerprint density at radius 1 is 1.64 bits per heavy atom. The maximum atomic E-state index is 11.6. The summed E-state index contributed by atoms with van der Waals surface area (Å²) in [4.78, 5) is 11.5. The molecule has 0 fully saturated rings. The number of halogens is 3. The molecule has 1 aromatic carbocycles. The van der Waals surface area contributed by atoms with E-state index in [4.69, 9.17) is 11.6 Å². The van der Waals surface area contributed by atoms with Gasteiger partial charge in [-0.1, -0.05) is 28.1 Å². The van der Waals surface area contributed by atoms with Gasteiger partial charge >= 0.3 is 0 Å². The molecule has 0 saturated carbocycles. The number of rotatable bonds is 3. The predicted octanol–water partition coefficient (Wildman–Crippen LogP) is 4.00. The molecule has 0 spiro atoms. The van der Waals surface area contributed by atoms with Crippen molar-refractivity contribution in [3.63, 3.8) is 0 Å². The Morgan fingerprint density at radius 3 is 2.71 bits per heavy atom. The van der Waals surface area contributed by atoms with E-state index in [2.05, 4.69) is 38.5 Å². The van der Waals surface area contributed by atoms with Gasteiger partial charge in [-0.05, 0) is 41.1 Å². The third kappa shape index (κ3) is 2.94. The Kier molecular flexibility index (Phi) is 4.87. The van der Waals surface area contributed by atoms with Crippen molar-refractivity contribution in [1.82, 2.24) is 0 Å². The van der Waals surface area contributed by atoms with Crippen molar-refractivity contribution in [3.8, 4) is 0 Å². The van der Waals surface area contributed by atoms with Crippen molar-refractivity contribution >= 4 is 55.9 Å². The van der Waals surface area contributed by atoms with Crippen molar-refractivity contribution in [2.24, 2.45) is 0 Å². The number of carbonyl (C=O) groups is 1. The lowest BCUT2D eigenvalue weighted by Crippen LogP contribution is -2.10. The molecule has 1 rings (SSSR count). The highest BCUT2D eigenvalue weighted by atomic mass is 127. The minimum absolute atomic E-state index is 0.101. The third-order valence-electron chi connectivity index (χ3n) is 1.84. The number of hydrogen-bond donors (Lipinski definition) is 0. The molecule has 1 aromatic rings. The fourth-order valence-corrected chi connectivity index (χ4v) is 2.47. The van der Waals surface area contributed by atoms with Gasteiger partial charge in [0.2, 0.25) is 0 Å². The van der Waals surface area contributed by atoms with E-state index >= 15 is 0 Å². The summed E-state index contributed by atoms with van der Waals surface area (Å²) >= 11 is 11.2. The molecular weight excluding hydrogens is 378 g/mol. The number of benzene rings is 1. The molecule has 0 N–H and O–H groups in total. The van der Waals surface area contributed by atoms with Crippen LogP contribution in [0.25, 0.3) is 0 Å². The molecule has 1 nitrogen and oxygen atoms in total. The number of hydrogen-bond acceptors (Lipinski definition) is 1. The topological polar surface area (TPSA) is 17.1 Å². The molecule has 0 heterocycles. The van der Waals surface area contributed by atoms with E-state index in [1.807, 2.05) is 25.1 Å². The Bertz CT molecular complexity index is 352. The largest absolute Gasteiger partial charge is 0.293 e. The van der Waals surface area contributed by atoms with Crippen LogP contribution in [0.15, 0.2) is 18.2 Å². The summed E-state index contributed by atoms with van der Waals surface area (Å²) in [7, 11) is 0. The fraction of sp³-hybridized carbons (Fsp3) is 0.300. The van der Waals surface area contributed by atoms with Gasteiger partial charge in [-0.2, -0.15) is 0 Å². The first kappa shape index (κ1) is 12.5. The van der Waals surface area contributed by atoms with Crippen molar-refractivity contribution in [2.75, 3.05) is 0 Å². The van der Waals surface area contributed by atoms with Gasteiger partial charge in [-0.15, -0.1) is 11.6 Å². The quantitative estimate of drug-likeness (QED) is 0.435. The van der Waals surface area contributed by atoms with E-state index in [-0.39, 0.29) is 10.6 Å². The maximum absolute atomic E-state index is 11.6. The van der Waals surface area contributed by atoms with Crippen LogP contribution in [0.4, 0.5) is 0 Å². The predicted molar refractivity (Wildman–Crippen MR) is 71.4 cm³/mol. The van der Waals surface area contributed by atoms with Crippen LogP contribution in [0.2, 0.25) is 0 Å². The number of alkyl halides is 2. The Hall–Kier alpha value is 0.390. The first-order valence-corrected chi connectivity index (χ1v) is 6.62. The van der Waals surface area contributed by atoms with Gasteiger partial charge in [-0.3, -0.25) is 4.79 Å². The second kappa shape index (κ2) is 5.47. The van der Waals surface area contributed by atoms with Gasteiger partial charge in [0.05, 0.1) is 4.83 Å². The standard InChI is InChI=1S/C10H9BrClIO/c1-6(11)10(14)7-2-3-8(5-12)9(13)4-7/h2-4,6H,5H2,1H3. The molecule has 1 unspecified atom stereocenters. The number of carbonyl (C=O) groups excluding carboxylic acids is 1. The van der Waals surface area contributed by atoms with E-state index in [1.165, 1.54) is 0 Å². The summed E-state index contributed by atoms with van der Waals surface area (Å²) in [6.45, 7) is 1.82. The molecule has 0 amide bonds. The summed E-state index contributed by atoms with van der Waals surface area (Å²) < 4.78 is 1.04. The lowest BCUT2D eigenvalue weighted by atomic mass is 10.1. The average molecular weight is 387 g/mol. The molecule has 76 valence electrons. The van der Waals surface area contributed by atoms with Gasteiger partial charge in [0.15, 0.2) is 5.78 Å². The fourth-order valence-electron chi connectivity index (χ4n) is 1.04. The van der Waals surface area contributed by atoms with Crippen LogP contribution in [0.3, 0.4) is 0 Å². The van der Waals surface area contributed by atoms with Gasteiger partial charge in [0.1, 0.15) is 0 Å².